The van der Waals surface area contributed by atoms with Gasteiger partial charge in [0.25, 0.3) is 6.23 Å². The molecule has 2 heterocycles. The Labute approximate surface area is 69.3 Å². The second-order valence-electron chi connectivity index (χ2n) is 2.53. The molecule has 1 aromatic rings. The van der Waals surface area contributed by atoms with Crippen molar-refractivity contribution in [2.24, 2.45) is 7.05 Å². The van der Waals surface area contributed by atoms with E-state index < -0.39 is 0 Å². The molecule has 0 atom stereocenters. The van der Waals surface area contributed by atoms with E-state index in [1.165, 1.54) is 0 Å². The van der Waals surface area contributed by atoms with Crippen LogP contribution in [0.5, 0.6) is 0 Å². The zero-order valence-electron chi connectivity index (χ0n) is 6.57. The van der Waals surface area contributed by atoms with Gasteiger partial charge in [-0.15, -0.1) is 0 Å². The number of ether oxygens (including phenoxy) is 1. The van der Waals surface area contributed by atoms with Crippen molar-refractivity contribution in [3.8, 4) is 0 Å². The molecule has 1 amide bonds. The zero-order chi connectivity index (χ0) is 8.55. The van der Waals surface area contributed by atoms with Gasteiger partial charge in [-0.2, -0.15) is 0 Å². The minimum Gasteiger partial charge on any atom is -0.334 e. The fourth-order valence-corrected chi connectivity index (χ4v) is 1.04. The number of hydrogen-bond donors (Lipinski definition) is 1. The van der Waals surface area contributed by atoms with Gasteiger partial charge in [-0.05, 0) is 0 Å². The number of nitrogens with zero attached hydrogens (tertiary/aromatic N) is 2. The summed E-state index contributed by atoms with van der Waals surface area (Å²) in [6.45, 7) is 0.0855. The standard InChI is InChI=1S/C7H8N3O2/c1-10-3-2-8-6(10)7-9-5(11)4-12-7/h2-3H,4H2,1H3,(H,9,11). The van der Waals surface area contributed by atoms with E-state index in [9.17, 15) is 4.79 Å². The summed E-state index contributed by atoms with van der Waals surface area (Å²) in [5.74, 6) is 0.508. The number of carbonyl (C=O) groups excluding carboxylic acids is 1. The summed E-state index contributed by atoms with van der Waals surface area (Å²) in [6.07, 6.45) is 3.87. The SMILES string of the molecule is Cn1ccnc1[C]1NC(=O)CO1. The number of aromatic nitrogens is 2. The van der Waals surface area contributed by atoms with Crippen molar-refractivity contribution >= 4 is 5.91 Å². The van der Waals surface area contributed by atoms with Crippen molar-refractivity contribution in [3.63, 3.8) is 0 Å². The van der Waals surface area contributed by atoms with Crippen LogP contribution in [0.4, 0.5) is 0 Å². The number of imidazole rings is 1. The van der Waals surface area contributed by atoms with Gasteiger partial charge in [0, 0.05) is 19.4 Å². The van der Waals surface area contributed by atoms with Gasteiger partial charge in [0.1, 0.15) is 6.61 Å². The first-order valence-corrected chi connectivity index (χ1v) is 3.54. The summed E-state index contributed by atoms with van der Waals surface area (Å²) in [5.41, 5.74) is 0. The van der Waals surface area contributed by atoms with Crippen LogP contribution < -0.4 is 5.32 Å². The van der Waals surface area contributed by atoms with Gasteiger partial charge < -0.3 is 14.6 Å². The molecule has 1 N–H and O–H groups in total. The first kappa shape index (κ1) is 7.30. The molecule has 1 aliphatic rings. The molecule has 5 nitrogen and oxygen atoms in total. The van der Waals surface area contributed by atoms with Crippen LogP contribution in [0.2, 0.25) is 0 Å². The second-order valence-corrected chi connectivity index (χ2v) is 2.53. The summed E-state index contributed by atoms with van der Waals surface area (Å²) in [6, 6.07) is 0. The van der Waals surface area contributed by atoms with Crippen LogP contribution in [-0.4, -0.2) is 22.1 Å². The number of amides is 1. The largest absolute Gasteiger partial charge is 0.334 e. The third-order valence-corrected chi connectivity index (χ3v) is 1.62. The Hall–Kier alpha value is -1.36. The topological polar surface area (TPSA) is 56.2 Å². The van der Waals surface area contributed by atoms with Gasteiger partial charge in [0.15, 0.2) is 5.82 Å². The van der Waals surface area contributed by atoms with E-state index in [-0.39, 0.29) is 12.5 Å². The Morgan fingerprint density at radius 2 is 2.58 bits per heavy atom. The minimum atomic E-state index is -0.131. The summed E-state index contributed by atoms with van der Waals surface area (Å²) >= 11 is 0. The molecule has 0 bridgehead atoms. The average Bonchev–Trinajstić information content (AvgIpc) is 2.58. The van der Waals surface area contributed by atoms with Crippen LogP contribution >= 0.6 is 0 Å². The van der Waals surface area contributed by atoms with Crippen LogP contribution in [0.1, 0.15) is 5.82 Å². The Kier molecular flexibility index (Phi) is 1.58. The fourth-order valence-electron chi connectivity index (χ4n) is 1.04. The number of aryl methyl sites for hydroxylation is 1. The van der Waals surface area contributed by atoms with Crippen molar-refractivity contribution in [1.82, 2.24) is 14.9 Å². The highest BCUT2D eigenvalue weighted by Crippen LogP contribution is 2.13. The molecule has 2 rings (SSSR count). The molecular weight excluding hydrogens is 158 g/mol. The lowest BCUT2D eigenvalue weighted by Gasteiger charge is -2.05. The van der Waals surface area contributed by atoms with Crippen molar-refractivity contribution < 1.29 is 9.53 Å². The normalized spacial score (nSPS) is 18.2. The van der Waals surface area contributed by atoms with E-state index in [1.54, 1.807) is 17.0 Å². The van der Waals surface area contributed by atoms with E-state index in [1.807, 2.05) is 7.05 Å². The highest BCUT2D eigenvalue weighted by Gasteiger charge is 2.27. The zero-order valence-corrected chi connectivity index (χ0v) is 6.57. The minimum absolute atomic E-state index is 0.0855. The number of rotatable bonds is 1. The molecule has 0 aromatic carbocycles. The van der Waals surface area contributed by atoms with Crippen LogP contribution in [-0.2, 0) is 16.6 Å². The Morgan fingerprint density at radius 1 is 1.75 bits per heavy atom. The third kappa shape index (κ3) is 1.08. The van der Waals surface area contributed by atoms with E-state index >= 15 is 0 Å². The van der Waals surface area contributed by atoms with Crippen LogP contribution in [0, 0.1) is 6.23 Å². The smallest absolute Gasteiger partial charge is 0.257 e. The monoisotopic (exact) mass is 166 g/mol. The summed E-state index contributed by atoms with van der Waals surface area (Å²) in [7, 11) is 1.84. The van der Waals surface area contributed by atoms with Gasteiger partial charge in [-0.25, -0.2) is 4.98 Å². The van der Waals surface area contributed by atoms with E-state index in [0.717, 1.165) is 0 Å². The Morgan fingerprint density at radius 3 is 3.08 bits per heavy atom. The molecular formula is C7H8N3O2. The van der Waals surface area contributed by atoms with Gasteiger partial charge in [0.2, 0.25) is 5.91 Å². The van der Waals surface area contributed by atoms with Crippen molar-refractivity contribution in [2.45, 2.75) is 0 Å². The van der Waals surface area contributed by atoms with Gasteiger partial charge in [-0.1, -0.05) is 0 Å². The first-order chi connectivity index (χ1) is 5.77. The molecule has 12 heavy (non-hydrogen) atoms. The quantitative estimate of drug-likeness (QED) is 0.606. The molecule has 1 saturated heterocycles. The maximum absolute atomic E-state index is 10.8. The second kappa shape index (κ2) is 2.60. The lowest BCUT2D eigenvalue weighted by Crippen LogP contribution is -2.22. The van der Waals surface area contributed by atoms with Crippen molar-refractivity contribution in [2.75, 3.05) is 6.61 Å². The Balaban J connectivity index is 2.21. The van der Waals surface area contributed by atoms with Crippen molar-refractivity contribution in [1.29, 1.82) is 0 Å². The highest BCUT2D eigenvalue weighted by molar-refractivity contribution is 5.80. The molecule has 63 valence electrons. The number of nitrogens with one attached hydrogen (secondary N) is 1. The summed E-state index contributed by atoms with van der Waals surface area (Å²) < 4.78 is 6.84. The average molecular weight is 166 g/mol. The predicted octanol–water partition coefficient (Wildman–Crippen LogP) is -0.596. The fraction of sp³-hybridized carbons (Fsp3) is 0.286. The van der Waals surface area contributed by atoms with Gasteiger partial charge in [0.05, 0.1) is 0 Å². The number of carbonyl (C=O) groups is 1. The molecule has 0 unspecified atom stereocenters. The highest BCUT2D eigenvalue weighted by atomic mass is 16.5. The maximum Gasteiger partial charge on any atom is 0.257 e. The summed E-state index contributed by atoms with van der Waals surface area (Å²) in [5, 5.41) is 2.57. The summed E-state index contributed by atoms with van der Waals surface area (Å²) in [4.78, 5) is 14.8. The Bertz CT molecular complexity index is 307. The molecule has 0 aliphatic carbocycles. The molecule has 1 fully saturated rings. The molecule has 1 aliphatic heterocycles. The lowest BCUT2D eigenvalue weighted by atomic mass is 10.5. The van der Waals surface area contributed by atoms with Crippen LogP contribution in [0.25, 0.3) is 0 Å². The van der Waals surface area contributed by atoms with Gasteiger partial charge in [-0.3, -0.25) is 4.79 Å². The first-order valence-electron chi connectivity index (χ1n) is 3.54. The van der Waals surface area contributed by atoms with Gasteiger partial charge >= 0.3 is 0 Å². The van der Waals surface area contributed by atoms with E-state index in [2.05, 4.69) is 10.3 Å². The van der Waals surface area contributed by atoms with Crippen LogP contribution in [0.15, 0.2) is 12.4 Å². The maximum atomic E-state index is 10.8. The number of hydrogen-bond acceptors (Lipinski definition) is 3. The van der Waals surface area contributed by atoms with E-state index in [0.29, 0.717) is 12.1 Å². The van der Waals surface area contributed by atoms with Crippen LogP contribution in [0.3, 0.4) is 0 Å². The predicted molar refractivity (Wildman–Crippen MR) is 39.6 cm³/mol. The lowest BCUT2D eigenvalue weighted by molar-refractivity contribution is -0.119. The van der Waals surface area contributed by atoms with Crippen molar-refractivity contribution in [3.05, 3.63) is 24.4 Å². The third-order valence-electron chi connectivity index (χ3n) is 1.62. The molecule has 1 aromatic heterocycles. The van der Waals surface area contributed by atoms with E-state index in [4.69, 9.17) is 4.74 Å². The molecule has 0 saturated carbocycles. The molecule has 1 radical (unpaired) electrons. The molecule has 0 spiro atoms. The molecule has 5 heteroatoms.